The quantitative estimate of drug-likeness (QED) is 0.805. The van der Waals surface area contributed by atoms with Gasteiger partial charge in [-0.2, -0.15) is 13.2 Å². The summed E-state index contributed by atoms with van der Waals surface area (Å²) in [5, 5.41) is 0. The molecule has 3 nitrogen and oxygen atoms in total. The van der Waals surface area contributed by atoms with Gasteiger partial charge in [0, 0.05) is 19.3 Å². The van der Waals surface area contributed by atoms with E-state index in [1.165, 1.54) is 6.07 Å². The minimum Gasteiger partial charge on any atom is -0.381 e. The van der Waals surface area contributed by atoms with Crippen molar-refractivity contribution in [3.63, 3.8) is 0 Å². The van der Waals surface area contributed by atoms with Crippen molar-refractivity contribution in [3.8, 4) is 0 Å². The molecule has 1 fully saturated rings. The Balaban J connectivity index is 2.10. The van der Waals surface area contributed by atoms with Crippen LogP contribution in [0.4, 0.5) is 13.2 Å². The Morgan fingerprint density at radius 2 is 1.95 bits per heavy atom. The Hall–Kier alpha value is -1.34. The zero-order chi connectivity index (χ0) is 14.3. The monoisotopic (exact) mass is 302 g/mol. The number of hydrogen-bond donors (Lipinski definition) is 1. The molecular weight excluding hydrogens is 289 g/mol. The summed E-state index contributed by atoms with van der Waals surface area (Å²) in [7, 11) is 0. The first-order valence-corrected chi connectivity index (χ1v) is 6.77. The standard InChI is InChI=1S/C13H13F3N2OS/c14-13(15,16)8-1-2-11-10(7-8)17-12(20)18(11)9-3-5-19-6-4-9/h1-2,7,9H,3-6H2,(H,17,20). The number of aromatic nitrogens is 2. The van der Waals surface area contributed by atoms with Gasteiger partial charge in [-0.05, 0) is 43.3 Å². The number of halogens is 3. The van der Waals surface area contributed by atoms with E-state index >= 15 is 0 Å². The second-order valence-corrected chi connectivity index (χ2v) is 5.26. The van der Waals surface area contributed by atoms with Crippen LogP contribution in [0.25, 0.3) is 11.0 Å². The molecule has 1 aromatic carbocycles. The second-order valence-electron chi connectivity index (χ2n) is 4.87. The Kier molecular flexibility index (Phi) is 3.33. The first-order valence-electron chi connectivity index (χ1n) is 6.36. The molecule has 0 aliphatic carbocycles. The number of hydrogen-bond acceptors (Lipinski definition) is 2. The Labute approximate surface area is 118 Å². The van der Waals surface area contributed by atoms with E-state index in [0.717, 1.165) is 30.5 Å². The molecule has 0 unspecified atom stereocenters. The molecule has 1 N–H and O–H groups in total. The highest BCUT2D eigenvalue weighted by molar-refractivity contribution is 7.71. The summed E-state index contributed by atoms with van der Waals surface area (Å²) < 4.78 is 45.8. The van der Waals surface area contributed by atoms with Crippen LogP contribution in [0, 0.1) is 4.77 Å². The van der Waals surface area contributed by atoms with E-state index < -0.39 is 11.7 Å². The summed E-state index contributed by atoms with van der Waals surface area (Å²) in [5.74, 6) is 0. The van der Waals surface area contributed by atoms with Gasteiger partial charge < -0.3 is 14.3 Å². The number of imidazole rings is 1. The molecule has 20 heavy (non-hydrogen) atoms. The SMILES string of the molecule is FC(F)(F)c1ccc2c(c1)[nH]c(=S)n2C1CCOCC1. The first kappa shape index (κ1) is 13.6. The van der Waals surface area contributed by atoms with Gasteiger partial charge in [0.1, 0.15) is 0 Å². The van der Waals surface area contributed by atoms with Gasteiger partial charge in [0.05, 0.1) is 16.6 Å². The summed E-state index contributed by atoms with van der Waals surface area (Å²) in [6.45, 7) is 1.31. The fourth-order valence-corrected chi connectivity index (χ4v) is 2.97. The molecule has 108 valence electrons. The van der Waals surface area contributed by atoms with Crippen molar-refractivity contribution in [2.24, 2.45) is 0 Å². The summed E-state index contributed by atoms with van der Waals surface area (Å²) >= 11 is 5.26. The molecule has 1 aromatic heterocycles. The van der Waals surface area contributed by atoms with Gasteiger partial charge in [-0.25, -0.2) is 0 Å². The van der Waals surface area contributed by atoms with Crippen molar-refractivity contribution < 1.29 is 17.9 Å². The number of fused-ring (bicyclic) bond motifs is 1. The zero-order valence-electron chi connectivity index (χ0n) is 10.5. The van der Waals surface area contributed by atoms with Gasteiger partial charge in [0.2, 0.25) is 0 Å². The highest BCUT2D eigenvalue weighted by Crippen LogP contribution is 2.33. The van der Waals surface area contributed by atoms with Crippen LogP contribution in [0.5, 0.6) is 0 Å². The normalized spacial score (nSPS) is 17.8. The predicted octanol–water partition coefficient (Wildman–Crippen LogP) is 4.07. The third kappa shape index (κ3) is 2.35. The summed E-state index contributed by atoms with van der Waals surface area (Å²) in [4.78, 5) is 2.87. The lowest BCUT2D eigenvalue weighted by molar-refractivity contribution is -0.137. The van der Waals surface area contributed by atoms with Crippen LogP contribution in [0.15, 0.2) is 18.2 Å². The van der Waals surface area contributed by atoms with E-state index in [1.54, 1.807) is 0 Å². The van der Waals surface area contributed by atoms with E-state index in [1.807, 2.05) is 4.57 Å². The van der Waals surface area contributed by atoms with Gasteiger partial charge in [0.25, 0.3) is 0 Å². The number of aromatic amines is 1. The van der Waals surface area contributed by atoms with Crippen molar-refractivity contribution >= 4 is 23.3 Å². The van der Waals surface area contributed by atoms with E-state index in [0.29, 0.717) is 23.5 Å². The van der Waals surface area contributed by atoms with Crippen LogP contribution >= 0.6 is 12.2 Å². The van der Waals surface area contributed by atoms with Crippen molar-refractivity contribution in [1.82, 2.24) is 9.55 Å². The van der Waals surface area contributed by atoms with Crippen LogP contribution in [-0.2, 0) is 10.9 Å². The number of nitrogens with one attached hydrogen (secondary N) is 1. The van der Waals surface area contributed by atoms with Crippen molar-refractivity contribution in [3.05, 3.63) is 28.5 Å². The van der Waals surface area contributed by atoms with Gasteiger partial charge in [0.15, 0.2) is 4.77 Å². The first-order chi connectivity index (χ1) is 9.47. The summed E-state index contributed by atoms with van der Waals surface area (Å²) in [5.41, 5.74) is 0.478. The molecule has 2 heterocycles. The lowest BCUT2D eigenvalue weighted by Gasteiger charge is -2.24. The predicted molar refractivity (Wildman–Crippen MR) is 71.2 cm³/mol. The maximum Gasteiger partial charge on any atom is 0.416 e. The lowest BCUT2D eigenvalue weighted by atomic mass is 10.1. The van der Waals surface area contributed by atoms with E-state index in [9.17, 15) is 13.2 Å². The second kappa shape index (κ2) is 4.89. The fraction of sp³-hybridized carbons (Fsp3) is 0.462. The van der Waals surface area contributed by atoms with Crippen LogP contribution < -0.4 is 0 Å². The molecule has 0 amide bonds. The molecule has 0 saturated carbocycles. The third-order valence-electron chi connectivity index (χ3n) is 3.60. The van der Waals surface area contributed by atoms with Gasteiger partial charge in [-0.15, -0.1) is 0 Å². The number of benzene rings is 1. The number of H-pyrrole nitrogens is 1. The van der Waals surface area contributed by atoms with E-state index in [2.05, 4.69) is 4.98 Å². The fourth-order valence-electron chi connectivity index (χ4n) is 2.61. The minimum atomic E-state index is -4.34. The lowest BCUT2D eigenvalue weighted by Crippen LogP contribution is -2.19. The average Bonchev–Trinajstić information content (AvgIpc) is 2.73. The molecule has 1 saturated heterocycles. The maximum atomic E-state index is 12.7. The number of rotatable bonds is 1. The smallest absolute Gasteiger partial charge is 0.381 e. The molecular formula is C13H13F3N2OS. The van der Waals surface area contributed by atoms with E-state index in [-0.39, 0.29) is 6.04 Å². The summed E-state index contributed by atoms with van der Waals surface area (Å²) in [6.07, 6.45) is -2.70. The average molecular weight is 302 g/mol. The maximum absolute atomic E-state index is 12.7. The van der Waals surface area contributed by atoms with Crippen molar-refractivity contribution in [1.29, 1.82) is 0 Å². The Morgan fingerprint density at radius 3 is 2.60 bits per heavy atom. The highest BCUT2D eigenvalue weighted by Gasteiger charge is 2.31. The van der Waals surface area contributed by atoms with Gasteiger partial charge in [-0.1, -0.05) is 0 Å². The van der Waals surface area contributed by atoms with Gasteiger partial charge in [-0.3, -0.25) is 0 Å². The third-order valence-corrected chi connectivity index (χ3v) is 3.90. The number of ether oxygens (including phenoxy) is 1. The van der Waals surface area contributed by atoms with Gasteiger partial charge >= 0.3 is 6.18 Å². The molecule has 0 bridgehead atoms. The van der Waals surface area contributed by atoms with Crippen LogP contribution in [0.3, 0.4) is 0 Å². The topological polar surface area (TPSA) is 29.9 Å². The summed E-state index contributed by atoms with van der Waals surface area (Å²) in [6, 6.07) is 3.88. The van der Waals surface area contributed by atoms with Crippen molar-refractivity contribution in [2.75, 3.05) is 13.2 Å². The largest absolute Gasteiger partial charge is 0.416 e. The van der Waals surface area contributed by atoms with Crippen molar-refractivity contribution in [2.45, 2.75) is 25.1 Å². The molecule has 3 rings (SSSR count). The molecule has 1 aliphatic rings. The molecule has 1 aliphatic heterocycles. The highest BCUT2D eigenvalue weighted by atomic mass is 32.1. The Bertz CT molecular complexity index is 683. The minimum absolute atomic E-state index is 0.182. The molecule has 7 heteroatoms. The molecule has 2 aromatic rings. The van der Waals surface area contributed by atoms with E-state index in [4.69, 9.17) is 17.0 Å². The molecule has 0 radical (unpaired) electrons. The number of nitrogens with zero attached hydrogens (tertiary/aromatic N) is 1. The zero-order valence-corrected chi connectivity index (χ0v) is 11.4. The van der Waals surface area contributed by atoms with Crippen LogP contribution in [0.1, 0.15) is 24.4 Å². The number of alkyl halides is 3. The Morgan fingerprint density at radius 1 is 1.25 bits per heavy atom. The van der Waals surface area contributed by atoms with Crippen LogP contribution in [0.2, 0.25) is 0 Å². The molecule has 0 spiro atoms. The molecule has 0 atom stereocenters. The van der Waals surface area contributed by atoms with Crippen LogP contribution in [-0.4, -0.2) is 22.8 Å².